The first-order valence-electron chi connectivity index (χ1n) is 8.77. The Morgan fingerprint density at radius 1 is 0.893 bits per heavy atom. The van der Waals surface area contributed by atoms with Gasteiger partial charge in [-0.25, -0.2) is 0 Å². The van der Waals surface area contributed by atoms with Gasteiger partial charge in [0.15, 0.2) is 0 Å². The van der Waals surface area contributed by atoms with Crippen molar-refractivity contribution in [3.05, 3.63) is 65.2 Å². The molecule has 0 aliphatic heterocycles. The molecule has 3 aromatic rings. The zero-order chi connectivity index (χ0) is 19.9. The molecule has 0 bridgehead atoms. The monoisotopic (exact) mass is 378 g/mol. The Bertz CT molecular complexity index is 967. The number of hydrogen-bond acceptors (Lipinski definition) is 7. The molecule has 0 aliphatic carbocycles. The maximum atomic E-state index is 5.86. The molecule has 7 heteroatoms. The summed E-state index contributed by atoms with van der Waals surface area (Å²) in [6.45, 7) is 4.46. The lowest BCUT2D eigenvalue weighted by atomic mass is 10.1. The zero-order valence-corrected chi connectivity index (χ0v) is 16.3. The van der Waals surface area contributed by atoms with Crippen LogP contribution in [0.2, 0.25) is 0 Å². The Morgan fingerprint density at radius 3 is 2.32 bits per heavy atom. The van der Waals surface area contributed by atoms with Crippen LogP contribution in [0.25, 0.3) is 0 Å². The van der Waals surface area contributed by atoms with E-state index in [4.69, 9.17) is 14.2 Å². The van der Waals surface area contributed by atoms with Gasteiger partial charge in [-0.15, -0.1) is 0 Å². The zero-order valence-electron chi connectivity index (χ0n) is 16.3. The summed E-state index contributed by atoms with van der Waals surface area (Å²) in [5.41, 5.74) is 4.03. The van der Waals surface area contributed by atoms with Crippen molar-refractivity contribution in [2.45, 2.75) is 20.4 Å². The van der Waals surface area contributed by atoms with Crippen LogP contribution in [0, 0.1) is 13.8 Å². The molecule has 1 heterocycles. The molecule has 0 amide bonds. The van der Waals surface area contributed by atoms with Crippen molar-refractivity contribution in [1.29, 1.82) is 0 Å². The lowest BCUT2D eigenvalue weighted by Gasteiger charge is -2.10. The highest BCUT2D eigenvalue weighted by molar-refractivity contribution is 5.48. The van der Waals surface area contributed by atoms with Gasteiger partial charge >= 0.3 is 6.01 Å². The Kier molecular flexibility index (Phi) is 6.16. The minimum absolute atomic E-state index is 0.134. The normalized spacial score (nSPS) is 10.9. The SMILES string of the molecule is COc1cc(OC)nc(Oc2ccccc2CN=Nc2cccc(C)c2C)n1. The highest BCUT2D eigenvalue weighted by atomic mass is 16.5. The van der Waals surface area contributed by atoms with Crippen molar-refractivity contribution in [2.24, 2.45) is 10.2 Å². The molecular formula is C21H22N4O3. The quantitative estimate of drug-likeness (QED) is 0.529. The first-order valence-corrected chi connectivity index (χ1v) is 8.77. The number of methoxy groups -OCH3 is 2. The minimum atomic E-state index is 0.134. The molecule has 28 heavy (non-hydrogen) atoms. The molecule has 0 fully saturated rings. The summed E-state index contributed by atoms with van der Waals surface area (Å²) in [5, 5.41) is 8.70. The van der Waals surface area contributed by atoms with E-state index < -0.39 is 0 Å². The lowest BCUT2D eigenvalue weighted by molar-refractivity contribution is 0.347. The topological polar surface area (TPSA) is 78.2 Å². The summed E-state index contributed by atoms with van der Waals surface area (Å²) in [6, 6.07) is 15.2. The van der Waals surface area contributed by atoms with Gasteiger partial charge in [-0.2, -0.15) is 20.2 Å². The molecule has 2 aromatic carbocycles. The predicted molar refractivity (Wildman–Crippen MR) is 106 cm³/mol. The second-order valence-electron chi connectivity index (χ2n) is 6.06. The van der Waals surface area contributed by atoms with Gasteiger partial charge in [0.2, 0.25) is 11.8 Å². The van der Waals surface area contributed by atoms with Crippen molar-refractivity contribution >= 4 is 5.69 Å². The summed E-state index contributed by atoms with van der Waals surface area (Å²) in [6.07, 6.45) is 0. The maximum Gasteiger partial charge on any atom is 0.328 e. The van der Waals surface area contributed by atoms with E-state index in [1.807, 2.05) is 43.3 Å². The average Bonchev–Trinajstić information content (AvgIpc) is 2.72. The number of nitrogens with zero attached hydrogens (tertiary/aromatic N) is 4. The predicted octanol–water partition coefficient (Wildman–Crippen LogP) is 5.19. The van der Waals surface area contributed by atoms with Crippen LogP contribution in [0.5, 0.6) is 23.5 Å². The third kappa shape index (κ3) is 4.62. The smallest absolute Gasteiger partial charge is 0.328 e. The third-order valence-corrected chi connectivity index (χ3v) is 4.25. The Hall–Kier alpha value is -3.48. The summed E-state index contributed by atoms with van der Waals surface area (Å²) >= 11 is 0. The number of para-hydroxylation sites is 1. The standard InChI is InChI=1S/C21H22N4O3/c1-14-8-7-10-17(15(14)2)25-22-13-16-9-5-6-11-18(16)28-21-23-19(26-3)12-20(24-21)27-4/h5-12H,13H2,1-4H3. The van der Waals surface area contributed by atoms with Crippen LogP contribution in [0.15, 0.2) is 58.8 Å². The number of hydrogen-bond donors (Lipinski definition) is 0. The first kappa shape index (κ1) is 19.3. The highest BCUT2D eigenvalue weighted by Gasteiger charge is 2.10. The molecule has 0 unspecified atom stereocenters. The van der Waals surface area contributed by atoms with Crippen molar-refractivity contribution in [1.82, 2.24) is 9.97 Å². The van der Waals surface area contributed by atoms with Crippen LogP contribution in [-0.2, 0) is 6.54 Å². The van der Waals surface area contributed by atoms with E-state index in [-0.39, 0.29) is 6.01 Å². The number of rotatable bonds is 7. The summed E-state index contributed by atoms with van der Waals surface area (Å²) < 4.78 is 16.2. The van der Waals surface area contributed by atoms with Crippen molar-refractivity contribution < 1.29 is 14.2 Å². The number of azo groups is 1. The molecule has 0 atom stereocenters. The third-order valence-electron chi connectivity index (χ3n) is 4.25. The molecule has 0 spiro atoms. The highest BCUT2D eigenvalue weighted by Crippen LogP contribution is 2.27. The van der Waals surface area contributed by atoms with Gasteiger partial charge in [0.1, 0.15) is 5.75 Å². The fraction of sp³-hybridized carbons (Fsp3) is 0.238. The van der Waals surface area contributed by atoms with E-state index in [9.17, 15) is 0 Å². The number of ether oxygens (including phenoxy) is 3. The van der Waals surface area contributed by atoms with Gasteiger partial charge in [0.05, 0.1) is 32.5 Å². The molecule has 0 N–H and O–H groups in total. The molecule has 7 nitrogen and oxygen atoms in total. The molecule has 0 aliphatic rings. The van der Waals surface area contributed by atoms with E-state index in [0.717, 1.165) is 16.8 Å². The number of aryl methyl sites for hydroxylation is 1. The van der Waals surface area contributed by atoms with Crippen LogP contribution >= 0.6 is 0 Å². The van der Waals surface area contributed by atoms with Gasteiger partial charge in [-0.05, 0) is 37.1 Å². The molecule has 1 aromatic heterocycles. The second-order valence-corrected chi connectivity index (χ2v) is 6.06. The van der Waals surface area contributed by atoms with Gasteiger partial charge < -0.3 is 14.2 Å². The molecule has 0 saturated carbocycles. The largest absolute Gasteiger partial charge is 0.481 e. The van der Waals surface area contributed by atoms with Crippen LogP contribution in [0.4, 0.5) is 5.69 Å². The fourth-order valence-electron chi connectivity index (χ4n) is 2.50. The van der Waals surface area contributed by atoms with E-state index >= 15 is 0 Å². The number of aromatic nitrogens is 2. The fourth-order valence-corrected chi connectivity index (χ4v) is 2.50. The van der Waals surface area contributed by atoms with Crippen molar-refractivity contribution in [3.8, 4) is 23.5 Å². The van der Waals surface area contributed by atoms with Gasteiger partial charge in [0.25, 0.3) is 0 Å². The summed E-state index contributed by atoms with van der Waals surface area (Å²) in [4.78, 5) is 8.39. The molecule has 3 rings (SSSR count). The Morgan fingerprint density at radius 2 is 1.61 bits per heavy atom. The van der Waals surface area contributed by atoms with Crippen molar-refractivity contribution in [2.75, 3.05) is 14.2 Å². The number of benzene rings is 2. The van der Waals surface area contributed by atoms with Crippen LogP contribution in [-0.4, -0.2) is 24.2 Å². The van der Waals surface area contributed by atoms with Crippen LogP contribution in [0.3, 0.4) is 0 Å². The lowest BCUT2D eigenvalue weighted by Crippen LogP contribution is -1.99. The van der Waals surface area contributed by atoms with Gasteiger partial charge in [0, 0.05) is 5.56 Å². The molecule has 0 saturated heterocycles. The first-order chi connectivity index (χ1) is 13.6. The van der Waals surface area contributed by atoms with E-state index in [0.29, 0.717) is 24.1 Å². The molecule has 0 radical (unpaired) electrons. The van der Waals surface area contributed by atoms with Crippen LogP contribution in [0.1, 0.15) is 16.7 Å². The Labute approximate surface area is 164 Å². The summed E-state index contributed by atoms with van der Waals surface area (Å²) in [7, 11) is 3.04. The second kappa shape index (κ2) is 8.94. The van der Waals surface area contributed by atoms with Gasteiger partial charge in [-0.1, -0.05) is 30.3 Å². The molecular weight excluding hydrogens is 356 g/mol. The minimum Gasteiger partial charge on any atom is -0.481 e. The van der Waals surface area contributed by atoms with Gasteiger partial charge in [-0.3, -0.25) is 0 Å². The maximum absolute atomic E-state index is 5.86. The molecule has 144 valence electrons. The summed E-state index contributed by atoms with van der Waals surface area (Å²) in [5.74, 6) is 1.31. The van der Waals surface area contributed by atoms with Crippen LogP contribution < -0.4 is 14.2 Å². The Balaban J connectivity index is 1.80. The van der Waals surface area contributed by atoms with E-state index in [1.165, 1.54) is 19.8 Å². The van der Waals surface area contributed by atoms with Crippen molar-refractivity contribution in [3.63, 3.8) is 0 Å². The van der Waals surface area contributed by atoms with E-state index in [1.54, 1.807) is 6.07 Å². The van der Waals surface area contributed by atoms with E-state index in [2.05, 4.69) is 33.2 Å². The average molecular weight is 378 g/mol.